The lowest BCUT2D eigenvalue weighted by molar-refractivity contribution is 0.589. The largest absolute Gasteiger partial charge is 0.334 e. The Morgan fingerprint density at radius 1 is 1.41 bits per heavy atom. The highest BCUT2D eigenvalue weighted by Gasteiger charge is 2.18. The minimum atomic E-state index is 0.112. The normalized spacial score (nSPS) is 12.6. The van der Waals surface area contributed by atoms with E-state index in [9.17, 15) is 0 Å². The molecule has 90 valence electrons. The van der Waals surface area contributed by atoms with Gasteiger partial charge in [-0.05, 0) is 25.6 Å². The van der Waals surface area contributed by atoms with Crippen molar-refractivity contribution in [3.63, 3.8) is 0 Å². The fraction of sp³-hybridized carbons (Fsp3) is 0.308. The number of hydrogen-bond acceptors (Lipinski definition) is 2. The van der Waals surface area contributed by atoms with Crippen LogP contribution in [0.5, 0.6) is 0 Å². The van der Waals surface area contributed by atoms with Gasteiger partial charge in [0.05, 0.1) is 6.04 Å². The Balaban J connectivity index is 2.44. The van der Waals surface area contributed by atoms with E-state index in [0.717, 1.165) is 16.8 Å². The average Bonchev–Trinajstić information content (AvgIpc) is 2.81. The van der Waals surface area contributed by atoms with E-state index in [4.69, 9.17) is 0 Å². The summed E-state index contributed by atoms with van der Waals surface area (Å²) in [6, 6.07) is 8.34. The maximum absolute atomic E-state index is 4.46. The average molecular weight is 294 g/mol. The van der Waals surface area contributed by atoms with Crippen LogP contribution in [-0.4, -0.2) is 16.6 Å². The van der Waals surface area contributed by atoms with E-state index in [1.165, 1.54) is 5.56 Å². The van der Waals surface area contributed by atoms with E-state index in [1.807, 2.05) is 31.6 Å². The molecule has 0 saturated heterocycles. The molecule has 1 aromatic carbocycles. The molecule has 17 heavy (non-hydrogen) atoms. The van der Waals surface area contributed by atoms with Gasteiger partial charge in [0.15, 0.2) is 0 Å². The van der Waals surface area contributed by atoms with Crippen LogP contribution in [0.15, 0.2) is 41.1 Å². The summed E-state index contributed by atoms with van der Waals surface area (Å²) >= 11 is 3.59. The Labute approximate surface area is 110 Å². The zero-order valence-electron chi connectivity index (χ0n) is 10.0. The number of benzene rings is 1. The molecular weight excluding hydrogens is 278 g/mol. The summed E-state index contributed by atoms with van der Waals surface area (Å²) in [4.78, 5) is 4.46. The molecule has 3 nitrogen and oxygen atoms in total. The Morgan fingerprint density at radius 2 is 2.18 bits per heavy atom. The molecule has 0 aliphatic heterocycles. The third-order valence-electron chi connectivity index (χ3n) is 2.85. The first-order valence-electron chi connectivity index (χ1n) is 5.70. The Morgan fingerprint density at radius 3 is 2.82 bits per heavy atom. The predicted molar refractivity (Wildman–Crippen MR) is 72.9 cm³/mol. The number of aromatic nitrogens is 2. The molecule has 0 fully saturated rings. The molecule has 1 unspecified atom stereocenters. The molecule has 0 aliphatic rings. The van der Waals surface area contributed by atoms with Gasteiger partial charge in [0.25, 0.3) is 0 Å². The van der Waals surface area contributed by atoms with Crippen molar-refractivity contribution in [3.8, 4) is 0 Å². The minimum Gasteiger partial charge on any atom is -0.334 e. The summed E-state index contributed by atoms with van der Waals surface area (Å²) in [6.45, 7) is 3.05. The standard InChI is InChI=1S/C13H16BrN3/c1-3-17-9-8-16-13(17)12(15-2)10-6-4-5-7-11(10)14/h4-9,12,15H,3H2,1-2H3. The maximum atomic E-state index is 4.46. The third kappa shape index (κ3) is 2.42. The number of nitrogens with zero attached hydrogens (tertiary/aromatic N) is 2. The Bertz CT molecular complexity index is 493. The first kappa shape index (κ1) is 12.3. The second kappa shape index (κ2) is 5.47. The Kier molecular flexibility index (Phi) is 3.97. The summed E-state index contributed by atoms with van der Waals surface area (Å²) in [5.41, 5.74) is 1.20. The van der Waals surface area contributed by atoms with Crippen molar-refractivity contribution >= 4 is 15.9 Å². The fourth-order valence-electron chi connectivity index (χ4n) is 1.98. The number of halogens is 1. The van der Waals surface area contributed by atoms with Crippen molar-refractivity contribution in [3.05, 3.63) is 52.5 Å². The molecule has 2 rings (SSSR count). The molecule has 1 heterocycles. The van der Waals surface area contributed by atoms with Crippen LogP contribution in [0.4, 0.5) is 0 Å². The number of hydrogen-bond donors (Lipinski definition) is 1. The summed E-state index contributed by atoms with van der Waals surface area (Å²) < 4.78 is 3.26. The van der Waals surface area contributed by atoms with Gasteiger partial charge in [-0.1, -0.05) is 34.1 Å². The van der Waals surface area contributed by atoms with Crippen molar-refractivity contribution in [2.75, 3.05) is 7.05 Å². The van der Waals surface area contributed by atoms with Gasteiger partial charge < -0.3 is 9.88 Å². The number of imidazole rings is 1. The van der Waals surface area contributed by atoms with E-state index in [-0.39, 0.29) is 6.04 Å². The molecule has 0 saturated carbocycles. The van der Waals surface area contributed by atoms with Crippen LogP contribution in [0, 0.1) is 0 Å². The molecule has 0 bridgehead atoms. The number of rotatable bonds is 4. The SMILES string of the molecule is CCn1ccnc1C(NC)c1ccccc1Br. The zero-order chi connectivity index (χ0) is 12.3. The topological polar surface area (TPSA) is 29.9 Å². The molecule has 0 amide bonds. The molecule has 0 radical (unpaired) electrons. The lowest BCUT2D eigenvalue weighted by Gasteiger charge is -2.18. The first-order chi connectivity index (χ1) is 8.27. The van der Waals surface area contributed by atoms with Crippen molar-refractivity contribution in [2.45, 2.75) is 19.5 Å². The smallest absolute Gasteiger partial charge is 0.130 e. The van der Waals surface area contributed by atoms with Gasteiger partial charge in [-0.25, -0.2) is 4.98 Å². The minimum absolute atomic E-state index is 0.112. The van der Waals surface area contributed by atoms with E-state index in [2.05, 4.69) is 49.9 Å². The summed E-state index contributed by atoms with van der Waals surface area (Å²) in [6.07, 6.45) is 3.86. The second-order valence-electron chi connectivity index (χ2n) is 3.81. The maximum Gasteiger partial charge on any atom is 0.130 e. The molecule has 4 heteroatoms. The molecular formula is C13H16BrN3. The van der Waals surface area contributed by atoms with Crippen molar-refractivity contribution in [1.82, 2.24) is 14.9 Å². The molecule has 0 aliphatic carbocycles. The molecule has 2 aromatic rings. The highest BCUT2D eigenvalue weighted by Crippen LogP contribution is 2.27. The van der Waals surface area contributed by atoms with Crippen LogP contribution in [0.3, 0.4) is 0 Å². The number of aryl methyl sites for hydroxylation is 1. The van der Waals surface area contributed by atoms with Gasteiger partial charge in [0, 0.05) is 23.4 Å². The second-order valence-corrected chi connectivity index (χ2v) is 4.67. The molecule has 1 aromatic heterocycles. The van der Waals surface area contributed by atoms with E-state index in [1.54, 1.807) is 0 Å². The van der Waals surface area contributed by atoms with Gasteiger partial charge in [-0.2, -0.15) is 0 Å². The van der Waals surface area contributed by atoms with Gasteiger partial charge in [-0.15, -0.1) is 0 Å². The first-order valence-corrected chi connectivity index (χ1v) is 6.50. The fourth-order valence-corrected chi connectivity index (χ4v) is 2.50. The quantitative estimate of drug-likeness (QED) is 0.939. The molecule has 0 spiro atoms. The summed E-state index contributed by atoms with van der Waals surface area (Å²) in [5.74, 6) is 1.04. The molecule has 1 atom stereocenters. The van der Waals surface area contributed by atoms with Gasteiger partial charge in [0.2, 0.25) is 0 Å². The van der Waals surface area contributed by atoms with Crippen LogP contribution in [-0.2, 0) is 6.54 Å². The van der Waals surface area contributed by atoms with Crippen molar-refractivity contribution in [2.24, 2.45) is 0 Å². The van der Waals surface area contributed by atoms with E-state index >= 15 is 0 Å². The van der Waals surface area contributed by atoms with E-state index < -0.39 is 0 Å². The van der Waals surface area contributed by atoms with Crippen molar-refractivity contribution in [1.29, 1.82) is 0 Å². The predicted octanol–water partition coefficient (Wildman–Crippen LogP) is 2.97. The van der Waals surface area contributed by atoms with Crippen LogP contribution >= 0.6 is 15.9 Å². The highest BCUT2D eigenvalue weighted by molar-refractivity contribution is 9.10. The highest BCUT2D eigenvalue weighted by atomic mass is 79.9. The number of nitrogens with one attached hydrogen (secondary N) is 1. The third-order valence-corrected chi connectivity index (χ3v) is 3.57. The lowest BCUT2D eigenvalue weighted by atomic mass is 10.1. The van der Waals surface area contributed by atoms with Gasteiger partial charge >= 0.3 is 0 Å². The van der Waals surface area contributed by atoms with Gasteiger partial charge in [-0.3, -0.25) is 0 Å². The summed E-state index contributed by atoms with van der Waals surface area (Å²) in [5, 5.41) is 3.32. The van der Waals surface area contributed by atoms with Gasteiger partial charge in [0.1, 0.15) is 5.82 Å². The monoisotopic (exact) mass is 293 g/mol. The summed E-state index contributed by atoms with van der Waals surface area (Å²) in [7, 11) is 1.96. The van der Waals surface area contributed by atoms with Crippen LogP contribution < -0.4 is 5.32 Å². The van der Waals surface area contributed by atoms with Crippen LogP contribution in [0.1, 0.15) is 24.4 Å². The van der Waals surface area contributed by atoms with Crippen LogP contribution in [0.2, 0.25) is 0 Å². The van der Waals surface area contributed by atoms with E-state index in [0.29, 0.717) is 0 Å². The Hall–Kier alpha value is -1.13. The zero-order valence-corrected chi connectivity index (χ0v) is 11.6. The van der Waals surface area contributed by atoms with Crippen molar-refractivity contribution < 1.29 is 0 Å². The lowest BCUT2D eigenvalue weighted by Crippen LogP contribution is -2.22. The van der Waals surface area contributed by atoms with Crippen LogP contribution in [0.25, 0.3) is 0 Å². The molecule has 1 N–H and O–H groups in total.